The zero-order valence-electron chi connectivity index (χ0n) is 12.0. The van der Waals surface area contributed by atoms with Gasteiger partial charge < -0.3 is 0 Å². The van der Waals surface area contributed by atoms with Gasteiger partial charge in [-0.3, -0.25) is 0 Å². The molecule has 2 rings (SSSR count). The average molecular weight is 397 g/mol. The predicted octanol–water partition coefficient (Wildman–Crippen LogP) is 6.21. The van der Waals surface area contributed by atoms with Crippen molar-refractivity contribution in [1.82, 2.24) is 0 Å². The second-order valence-electron chi connectivity index (χ2n) is 4.17. The van der Waals surface area contributed by atoms with Crippen LogP contribution in [0.2, 0.25) is 0 Å². The van der Waals surface area contributed by atoms with E-state index in [4.69, 9.17) is 0 Å². The SMILES string of the molecule is CSSc1ccc([CH2][Ni][CH2]c2ccc(SSC)cc2)cc1. The van der Waals surface area contributed by atoms with Gasteiger partial charge in [0.2, 0.25) is 0 Å². The third-order valence-electron chi connectivity index (χ3n) is 2.62. The van der Waals surface area contributed by atoms with Crippen molar-refractivity contribution in [1.29, 1.82) is 0 Å². The van der Waals surface area contributed by atoms with E-state index in [0.717, 1.165) is 10.8 Å². The summed E-state index contributed by atoms with van der Waals surface area (Å²) in [6.45, 7) is 0. The molecule has 0 amide bonds. The van der Waals surface area contributed by atoms with Crippen LogP contribution in [-0.4, -0.2) is 12.5 Å². The van der Waals surface area contributed by atoms with Crippen molar-refractivity contribution in [3.05, 3.63) is 59.7 Å². The molecule has 0 atom stereocenters. The monoisotopic (exact) mass is 396 g/mol. The Bertz CT molecular complexity index is 475. The molecule has 0 aliphatic carbocycles. The molecule has 0 nitrogen and oxygen atoms in total. The number of rotatable bonds is 8. The molecule has 0 aliphatic heterocycles. The molecule has 0 N–H and O–H groups in total. The molecule has 0 bridgehead atoms. The third-order valence-corrected chi connectivity index (χ3v) is 7.34. The summed E-state index contributed by atoms with van der Waals surface area (Å²) in [7, 11) is 7.22. The molecule has 0 fully saturated rings. The molecular weight excluding hydrogens is 379 g/mol. The first-order valence-corrected chi connectivity index (χ1v) is 12.9. The molecule has 21 heavy (non-hydrogen) atoms. The van der Waals surface area contributed by atoms with Crippen LogP contribution in [0.5, 0.6) is 0 Å². The van der Waals surface area contributed by atoms with Crippen LogP contribution in [0.1, 0.15) is 11.1 Å². The first-order valence-electron chi connectivity index (χ1n) is 6.36. The van der Waals surface area contributed by atoms with Gasteiger partial charge >= 0.3 is 150 Å². The molecule has 0 saturated heterocycles. The zero-order valence-corrected chi connectivity index (χ0v) is 16.2. The van der Waals surface area contributed by atoms with Gasteiger partial charge in [-0.15, -0.1) is 0 Å². The van der Waals surface area contributed by atoms with Gasteiger partial charge in [0.25, 0.3) is 0 Å². The van der Waals surface area contributed by atoms with E-state index in [1.165, 1.54) is 20.9 Å². The first kappa shape index (κ1) is 17.7. The fourth-order valence-electron chi connectivity index (χ4n) is 1.65. The van der Waals surface area contributed by atoms with E-state index in [1.807, 2.05) is 21.6 Å². The quantitative estimate of drug-likeness (QED) is 0.384. The van der Waals surface area contributed by atoms with Gasteiger partial charge in [0.05, 0.1) is 0 Å². The molecule has 0 aliphatic rings. The van der Waals surface area contributed by atoms with Crippen LogP contribution >= 0.6 is 43.2 Å². The van der Waals surface area contributed by atoms with E-state index in [9.17, 15) is 0 Å². The van der Waals surface area contributed by atoms with Crippen molar-refractivity contribution in [3.63, 3.8) is 0 Å². The molecule has 2 aromatic rings. The normalized spacial score (nSPS) is 11.0. The Balaban J connectivity index is 1.78. The maximum atomic E-state index is 2.25. The Morgan fingerprint density at radius 3 is 1.38 bits per heavy atom. The Morgan fingerprint density at radius 1 is 0.667 bits per heavy atom. The molecular formula is C16H18NiS4. The Kier molecular flexibility index (Phi) is 8.57. The van der Waals surface area contributed by atoms with Crippen LogP contribution in [0.3, 0.4) is 0 Å². The van der Waals surface area contributed by atoms with Crippen molar-refractivity contribution >= 4 is 43.2 Å². The fourth-order valence-corrected chi connectivity index (χ4v) is 5.51. The van der Waals surface area contributed by atoms with Crippen molar-refractivity contribution in [2.24, 2.45) is 0 Å². The van der Waals surface area contributed by atoms with E-state index in [1.54, 1.807) is 36.0 Å². The van der Waals surface area contributed by atoms with Gasteiger partial charge in [0, 0.05) is 0 Å². The zero-order chi connectivity index (χ0) is 14.9. The Hall–Kier alpha value is 0.334. The molecule has 0 saturated carbocycles. The summed E-state index contributed by atoms with van der Waals surface area (Å²) in [6, 6.07) is 17.8. The maximum absolute atomic E-state index is 2.25. The first-order chi connectivity index (χ1) is 10.3. The molecule has 0 unspecified atom stereocenters. The van der Waals surface area contributed by atoms with E-state index < -0.39 is 0 Å². The topological polar surface area (TPSA) is 0 Å². The van der Waals surface area contributed by atoms with Crippen LogP contribution in [-0.2, 0) is 25.2 Å². The summed E-state index contributed by atoms with van der Waals surface area (Å²) in [5, 5.41) is 2.19. The Labute approximate surface area is 149 Å². The van der Waals surface area contributed by atoms with E-state index in [2.05, 4.69) is 61.0 Å². The van der Waals surface area contributed by atoms with Crippen LogP contribution in [0.25, 0.3) is 0 Å². The summed E-state index contributed by atoms with van der Waals surface area (Å²) in [5.41, 5.74) is 2.82. The summed E-state index contributed by atoms with van der Waals surface area (Å²) in [5.74, 6) is 0. The minimum atomic E-state index is 1.10. The standard InChI is InChI=1S/2C8H9S2.Ni/c2*1-7-3-5-8(6-4-7)10-9-2;/h2*3-6H,1H2,2H3;. The van der Waals surface area contributed by atoms with Gasteiger partial charge in [-0.25, -0.2) is 0 Å². The van der Waals surface area contributed by atoms with Gasteiger partial charge in [0.15, 0.2) is 0 Å². The molecule has 0 aromatic heterocycles. The van der Waals surface area contributed by atoms with E-state index in [-0.39, 0.29) is 0 Å². The number of hydrogen-bond donors (Lipinski definition) is 0. The Morgan fingerprint density at radius 2 is 1.05 bits per heavy atom. The van der Waals surface area contributed by atoms with Crippen molar-refractivity contribution < 1.29 is 14.4 Å². The van der Waals surface area contributed by atoms with Crippen LogP contribution in [0.15, 0.2) is 58.3 Å². The number of benzene rings is 2. The molecule has 0 spiro atoms. The minimum absolute atomic E-state index is 1.10. The van der Waals surface area contributed by atoms with Crippen molar-refractivity contribution in [2.75, 3.05) is 12.5 Å². The molecule has 0 radical (unpaired) electrons. The fraction of sp³-hybridized carbons (Fsp3) is 0.250. The van der Waals surface area contributed by atoms with Crippen molar-refractivity contribution in [3.8, 4) is 0 Å². The molecule has 2 aromatic carbocycles. The molecule has 5 heteroatoms. The van der Waals surface area contributed by atoms with Crippen LogP contribution < -0.4 is 0 Å². The van der Waals surface area contributed by atoms with Crippen molar-refractivity contribution in [2.45, 2.75) is 20.6 Å². The molecule has 0 heterocycles. The average Bonchev–Trinajstić information content (AvgIpc) is 2.51. The van der Waals surface area contributed by atoms with E-state index in [0.29, 0.717) is 0 Å². The second kappa shape index (κ2) is 10.2. The summed E-state index contributed by atoms with van der Waals surface area (Å²) < 4.78 is 0. The van der Waals surface area contributed by atoms with Crippen LogP contribution in [0.4, 0.5) is 0 Å². The van der Waals surface area contributed by atoms with E-state index >= 15 is 0 Å². The van der Waals surface area contributed by atoms with Gasteiger partial charge in [-0.1, -0.05) is 0 Å². The predicted molar refractivity (Wildman–Crippen MR) is 99.0 cm³/mol. The van der Waals surface area contributed by atoms with Crippen LogP contribution in [0, 0.1) is 0 Å². The van der Waals surface area contributed by atoms with Gasteiger partial charge in [0.1, 0.15) is 0 Å². The van der Waals surface area contributed by atoms with Gasteiger partial charge in [-0.2, -0.15) is 0 Å². The summed E-state index contributed by atoms with van der Waals surface area (Å²) in [6.07, 6.45) is 4.22. The molecule has 116 valence electrons. The summed E-state index contributed by atoms with van der Waals surface area (Å²) in [4.78, 5) is 2.67. The second-order valence-corrected chi connectivity index (χ2v) is 10.3. The number of hydrogen-bond acceptors (Lipinski definition) is 4. The third kappa shape index (κ3) is 6.54. The van der Waals surface area contributed by atoms with Gasteiger partial charge in [-0.05, 0) is 0 Å². The summed E-state index contributed by atoms with van der Waals surface area (Å²) >= 11 is 1.78.